The number of amides is 1. The number of rotatable bonds is 5. The largest absolute Gasteiger partial charge is 0.495 e. The molecule has 0 fully saturated rings. The Kier molecular flexibility index (Phi) is 5.69. The van der Waals surface area contributed by atoms with Crippen LogP contribution in [-0.4, -0.2) is 34.0 Å². The topological polar surface area (TPSA) is 81.1 Å². The summed E-state index contributed by atoms with van der Waals surface area (Å²) in [5.41, 5.74) is 2.71. The van der Waals surface area contributed by atoms with E-state index in [2.05, 4.69) is 20.7 Å². The van der Waals surface area contributed by atoms with E-state index in [0.717, 1.165) is 5.56 Å². The molecule has 0 bridgehead atoms. The van der Waals surface area contributed by atoms with Gasteiger partial charge in [-0.3, -0.25) is 4.79 Å². The maximum absolute atomic E-state index is 13.4. The van der Waals surface area contributed by atoms with E-state index in [1.807, 2.05) is 37.4 Å². The Morgan fingerprint density at radius 3 is 2.67 bits per heavy atom. The van der Waals surface area contributed by atoms with E-state index >= 15 is 0 Å². The first-order chi connectivity index (χ1) is 14.5. The molecule has 1 aromatic heterocycles. The van der Waals surface area contributed by atoms with E-state index in [0.29, 0.717) is 38.8 Å². The molecule has 0 spiro atoms. The number of carbonyl (C=O) groups excluding carboxylic acids is 1. The van der Waals surface area contributed by atoms with Gasteiger partial charge in [0.1, 0.15) is 11.8 Å². The Morgan fingerprint density at radius 2 is 1.97 bits per heavy atom. The summed E-state index contributed by atoms with van der Waals surface area (Å²) < 4.78 is 7.10. The van der Waals surface area contributed by atoms with Crippen LogP contribution in [0.2, 0.25) is 5.02 Å². The van der Waals surface area contributed by atoms with Crippen LogP contribution in [0.25, 0.3) is 0 Å². The Morgan fingerprint density at radius 1 is 1.23 bits per heavy atom. The van der Waals surface area contributed by atoms with Gasteiger partial charge in [0, 0.05) is 10.7 Å². The number of nitrogens with zero attached hydrogens (tertiary/aromatic N) is 3. The van der Waals surface area contributed by atoms with E-state index in [1.165, 1.54) is 11.8 Å². The molecular weight excluding hydrogens is 422 g/mol. The standard InChI is InChI=1S/C21H20ClN5O2S/c1-12-17(19(28)24-15-6-4-5-7-16(15)29-2)18(13-8-10-14(22)11-9-13)27-20(23-12)25-21(26-27)30-3/h4-11,18H,1-3H3,(H,24,28)(H,23,25,26)/t18-/m1/s1. The number of anilines is 2. The Balaban J connectivity index is 1.79. The van der Waals surface area contributed by atoms with Crippen molar-refractivity contribution in [1.82, 2.24) is 14.8 Å². The summed E-state index contributed by atoms with van der Waals surface area (Å²) in [5, 5.41) is 12.0. The molecule has 4 rings (SSSR count). The van der Waals surface area contributed by atoms with Crippen LogP contribution in [0.4, 0.5) is 11.6 Å². The van der Waals surface area contributed by atoms with Crippen LogP contribution in [0.3, 0.4) is 0 Å². The maximum Gasteiger partial charge on any atom is 0.255 e. The molecule has 0 saturated heterocycles. The Labute approximate surface area is 183 Å². The normalized spacial score (nSPS) is 15.4. The lowest BCUT2D eigenvalue weighted by molar-refractivity contribution is -0.113. The predicted octanol–water partition coefficient (Wildman–Crippen LogP) is 4.59. The van der Waals surface area contributed by atoms with Gasteiger partial charge in [0.2, 0.25) is 11.1 Å². The van der Waals surface area contributed by atoms with E-state index in [9.17, 15) is 4.79 Å². The lowest BCUT2D eigenvalue weighted by Gasteiger charge is -2.28. The molecule has 1 atom stereocenters. The summed E-state index contributed by atoms with van der Waals surface area (Å²) in [5.74, 6) is 0.920. The predicted molar refractivity (Wildman–Crippen MR) is 119 cm³/mol. The first-order valence-corrected chi connectivity index (χ1v) is 10.8. The quantitative estimate of drug-likeness (QED) is 0.563. The highest BCUT2D eigenvalue weighted by Crippen LogP contribution is 2.37. The molecule has 2 aromatic carbocycles. The van der Waals surface area contributed by atoms with Crippen molar-refractivity contribution in [3.63, 3.8) is 0 Å². The molecule has 2 N–H and O–H groups in total. The Bertz CT molecular complexity index is 1130. The minimum atomic E-state index is -0.457. The van der Waals surface area contributed by atoms with Crippen molar-refractivity contribution < 1.29 is 9.53 Å². The van der Waals surface area contributed by atoms with Gasteiger partial charge >= 0.3 is 0 Å². The molecule has 154 valence electrons. The third-order valence-corrected chi connectivity index (χ3v) is 5.59. The molecule has 9 heteroatoms. The number of para-hydroxylation sites is 2. The number of methoxy groups -OCH3 is 1. The zero-order chi connectivity index (χ0) is 21.3. The highest BCUT2D eigenvalue weighted by atomic mass is 35.5. The van der Waals surface area contributed by atoms with Gasteiger partial charge in [-0.2, -0.15) is 4.98 Å². The van der Waals surface area contributed by atoms with Crippen LogP contribution >= 0.6 is 23.4 Å². The molecule has 2 heterocycles. The van der Waals surface area contributed by atoms with Crippen molar-refractivity contribution in [2.45, 2.75) is 18.1 Å². The first kappa shape index (κ1) is 20.3. The summed E-state index contributed by atoms with van der Waals surface area (Å²) >= 11 is 7.53. The van der Waals surface area contributed by atoms with Gasteiger partial charge in [0.15, 0.2) is 0 Å². The van der Waals surface area contributed by atoms with E-state index in [4.69, 9.17) is 16.3 Å². The lowest BCUT2D eigenvalue weighted by Crippen LogP contribution is -2.31. The van der Waals surface area contributed by atoms with Gasteiger partial charge in [-0.1, -0.05) is 47.6 Å². The molecule has 0 saturated carbocycles. The highest BCUT2D eigenvalue weighted by molar-refractivity contribution is 7.98. The average molecular weight is 442 g/mol. The number of carbonyl (C=O) groups is 1. The number of aromatic nitrogens is 3. The number of benzene rings is 2. The molecule has 1 aliphatic rings. The van der Waals surface area contributed by atoms with Crippen LogP contribution in [0.5, 0.6) is 5.75 Å². The smallest absolute Gasteiger partial charge is 0.255 e. The van der Waals surface area contributed by atoms with E-state index < -0.39 is 6.04 Å². The van der Waals surface area contributed by atoms with Crippen LogP contribution in [0.1, 0.15) is 18.5 Å². The van der Waals surface area contributed by atoms with Gasteiger partial charge < -0.3 is 15.4 Å². The van der Waals surface area contributed by atoms with Crippen molar-refractivity contribution in [3.05, 3.63) is 70.4 Å². The number of halogens is 1. The maximum atomic E-state index is 13.4. The minimum absolute atomic E-state index is 0.253. The minimum Gasteiger partial charge on any atom is -0.495 e. The molecule has 7 nitrogen and oxygen atoms in total. The number of allylic oxidation sites excluding steroid dienone is 1. The van der Waals surface area contributed by atoms with Gasteiger partial charge in [-0.15, -0.1) is 5.10 Å². The second kappa shape index (κ2) is 8.41. The summed E-state index contributed by atoms with van der Waals surface area (Å²) in [7, 11) is 1.57. The van der Waals surface area contributed by atoms with Gasteiger partial charge in [0.25, 0.3) is 5.91 Å². The number of thioether (sulfide) groups is 1. The van der Waals surface area contributed by atoms with Crippen LogP contribution in [0, 0.1) is 0 Å². The number of hydrogen-bond acceptors (Lipinski definition) is 6. The zero-order valence-corrected chi connectivity index (χ0v) is 18.2. The zero-order valence-electron chi connectivity index (χ0n) is 16.6. The monoisotopic (exact) mass is 441 g/mol. The SMILES string of the molecule is COc1ccccc1NC(=O)C1=C(C)Nc2nc(SC)nn2[C@@H]1c1ccc(Cl)cc1. The first-order valence-electron chi connectivity index (χ1n) is 9.20. The molecule has 0 unspecified atom stereocenters. The molecule has 0 radical (unpaired) electrons. The van der Waals surface area contributed by atoms with Gasteiger partial charge in [0.05, 0.1) is 18.4 Å². The van der Waals surface area contributed by atoms with Crippen LogP contribution in [-0.2, 0) is 4.79 Å². The summed E-state index contributed by atoms with van der Waals surface area (Å²) in [6.45, 7) is 1.86. The van der Waals surface area contributed by atoms with Gasteiger partial charge in [-0.05, 0) is 43.0 Å². The summed E-state index contributed by atoms with van der Waals surface area (Å²) in [6.07, 6.45) is 1.91. The second-order valence-corrected chi connectivity index (χ2v) is 7.85. The van der Waals surface area contributed by atoms with Crippen molar-refractivity contribution in [2.75, 3.05) is 24.0 Å². The summed E-state index contributed by atoms with van der Waals surface area (Å²) in [4.78, 5) is 17.9. The van der Waals surface area contributed by atoms with Crippen LogP contribution < -0.4 is 15.4 Å². The number of nitrogens with one attached hydrogen (secondary N) is 2. The highest BCUT2D eigenvalue weighted by Gasteiger charge is 2.34. The Hall–Kier alpha value is -2.97. The molecular formula is C21H20ClN5O2S. The van der Waals surface area contributed by atoms with Crippen molar-refractivity contribution in [1.29, 1.82) is 0 Å². The van der Waals surface area contributed by atoms with Crippen molar-refractivity contribution in [2.24, 2.45) is 0 Å². The van der Waals surface area contributed by atoms with Crippen LogP contribution in [0.15, 0.2) is 65.0 Å². The van der Waals surface area contributed by atoms with Gasteiger partial charge in [-0.25, -0.2) is 4.68 Å². The van der Waals surface area contributed by atoms with Crippen molar-refractivity contribution in [3.8, 4) is 5.75 Å². The van der Waals surface area contributed by atoms with Crippen molar-refractivity contribution >= 4 is 40.9 Å². The average Bonchev–Trinajstić information content (AvgIpc) is 3.16. The summed E-state index contributed by atoms with van der Waals surface area (Å²) in [6, 6.07) is 14.2. The molecule has 0 aliphatic carbocycles. The number of ether oxygens (including phenoxy) is 1. The second-order valence-electron chi connectivity index (χ2n) is 6.64. The fourth-order valence-electron chi connectivity index (χ4n) is 3.40. The van der Waals surface area contributed by atoms with E-state index in [-0.39, 0.29) is 5.91 Å². The molecule has 1 aliphatic heterocycles. The third kappa shape index (κ3) is 3.76. The number of fused-ring (bicyclic) bond motifs is 1. The molecule has 30 heavy (non-hydrogen) atoms. The number of hydrogen-bond donors (Lipinski definition) is 2. The fourth-order valence-corrected chi connectivity index (χ4v) is 3.88. The third-order valence-electron chi connectivity index (χ3n) is 4.80. The molecule has 3 aromatic rings. The molecule has 1 amide bonds. The fraction of sp³-hybridized carbons (Fsp3) is 0.190. The lowest BCUT2D eigenvalue weighted by atomic mass is 9.95. The van der Waals surface area contributed by atoms with E-state index in [1.54, 1.807) is 36.1 Å².